The van der Waals surface area contributed by atoms with Crippen molar-refractivity contribution < 1.29 is 4.79 Å². The fraction of sp³-hybridized carbons (Fsp3) is 0.312. The monoisotopic (exact) mass is 352 g/mol. The molecule has 0 spiro atoms. The number of aromatic nitrogens is 2. The lowest BCUT2D eigenvalue weighted by Crippen LogP contribution is -2.31. The second kappa shape index (κ2) is 7.62. The number of carbonyl (C=O) groups excluding carboxylic acids is 1. The molecule has 2 rings (SSSR count). The molecule has 1 amide bonds. The molecule has 0 aliphatic rings. The van der Waals surface area contributed by atoms with E-state index in [-0.39, 0.29) is 5.91 Å². The van der Waals surface area contributed by atoms with Crippen LogP contribution in [0.4, 0.5) is 11.6 Å². The Balaban J connectivity index is 2.34. The van der Waals surface area contributed by atoms with Crippen LogP contribution in [0.2, 0.25) is 10.0 Å². The van der Waals surface area contributed by atoms with E-state index < -0.39 is 0 Å². The van der Waals surface area contributed by atoms with Crippen molar-refractivity contribution in [1.82, 2.24) is 14.9 Å². The third-order valence-corrected chi connectivity index (χ3v) is 3.86. The fourth-order valence-electron chi connectivity index (χ4n) is 2.12. The van der Waals surface area contributed by atoms with Crippen LogP contribution in [-0.2, 0) is 0 Å². The van der Waals surface area contributed by atoms with Crippen LogP contribution in [0.25, 0.3) is 0 Å². The number of amides is 1. The predicted molar refractivity (Wildman–Crippen MR) is 93.8 cm³/mol. The SMILES string of the molecule is CCN(CC)C(=O)c1cc(C)nc(Nc2cc(Cl)ccc2Cl)n1. The smallest absolute Gasteiger partial charge is 0.272 e. The fourth-order valence-corrected chi connectivity index (χ4v) is 2.46. The lowest BCUT2D eigenvalue weighted by atomic mass is 10.3. The number of aryl methyl sites for hydroxylation is 1. The highest BCUT2D eigenvalue weighted by Gasteiger charge is 2.16. The van der Waals surface area contributed by atoms with Gasteiger partial charge in [-0.1, -0.05) is 23.2 Å². The molecule has 0 saturated heterocycles. The summed E-state index contributed by atoms with van der Waals surface area (Å²) in [5.41, 5.74) is 1.63. The van der Waals surface area contributed by atoms with Gasteiger partial charge in [-0.3, -0.25) is 4.79 Å². The first-order valence-electron chi connectivity index (χ1n) is 7.31. The molecule has 0 bridgehead atoms. The lowest BCUT2D eigenvalue weighted by Gasteiger charge is -2.18. The van der Waals surface area contributed by atoms with Crippen LogP contribution in [-0.4, -0.2) is 33.9 Å². The van der Waals surface area contributed by atoms with Gasteiger partial charge in [-0.15, -0.1) is 0 Å². The van der Waals surface area contributed by atoms with E-state index >= 15 is 0 Å². The van der Waals surface area contributed by atoms with E-state index in [0.29, 0.717) is 46.2 Å². The summed E-state index contributed by atoms with van der Waals surface area (Å²) in [5.74, 6) is 0.186. The van der Waals surface area contributed by atoms with Crippen molar-refractivity contribution in [1.29, 1.82) is 0 Å². The quantitative estimate of drug-likeness (QED) is 0.870. The molecule has 1 aromatic carbocycles. The Morgan fingerprint density at radius 2 is 1.87 bits per heavy atom. The average molecular weight is 353 g/mol. The van der Waals surface area contributed by atoms with Gasteiger partial charge in [0.2, 0.25) is 5.95 Å². The highest BCUT2D eigenvalue weighted by Crippen LogP contribution is 2.27. The highest BCUT2D eigenvalue weighted by atomic mass is 35.5. The van der Waals surface area contributed by atoms with Crippen molar-refractivity contribution >= 4 is 40.7 Å². The maximum absolute atomic E-state index is 12.4. The van der Waals surface area contributed by atoms with Gasteiger partial charge in [0.1, 0.15) is 5.69 Å². The van der Waals surface area contributed by atoms with Crippen molar-refractivity contribution in [3.63, 3.8) is 0 Å². The largest absolute Gasteiger partial charge is 0.338 e. The summed E-state index contributed by atoms with van der Waals surface area (Å²) in [4.78, 5) is 22.8. The summed E-state index contributed by atoms with van der Waals surface area (Å²) in [7, 11) is 0. The summed E-state index contributed by atoms with van der Waals surface area (Å²) in [6.45, 7) is 6.93. The third kappa shape index (κ3) is 4.33. The molecule has 2 aromatic rings. The minimum atomic E-state index is -0.124. The highest BCUT2D eigenvalue weighted by molar-refractivity contribution is 6.35. The summed E-state index contributed by atoms with van der Waals surface area (Å²) in [6, 6.07) is 6.73. The van der Waals surface area contributed by atoms with Gasteiger partial charge in [-0.05, 0) is 45.0 Å². The zero-order valence-corrected chi connectivity index (χ0v) is 14.7. The molecule has 0 radical (unpaired) electrons. The first-order chi connectivity index (χ1) is 10.9. The van der Waals surface area contributed by atoms with Crippen LogP contribution in [0.5, 0.6) is 0 Å². The van der Waals surface area contributed by atoms with Gasteiger partial charge in [0.05, 0.1) is 10.7 Å². The molecule has 122 valence electrons. The molecule has 23 heavy (non-hydrogen) atoms. The van der Waals surface area contributed by atoms with Gasteiger partial charge in [0.15, 0.2) is 0 Å². The second-order valence-electron chi connectivity index (χ2n) is 4.94. The standard InChI is InChI=1S/C16H18Cl2N4O/c1-4-22(5-2)15(23)14-8-10(3)19-16(21-14)20-13-9-11(17)6-7-12(13)18/h6-9H,4-5H2,1-3H3,(H,19,20,21). The Morgan fingerprint density at radius 1 is 1.17 bits per heavy atom. The van der Waals surface area contributed by atoms with Crippen molar-refractivity contribution in [2.45, 2.75) is 20.8 Å². The third-order valence-electron chi connectivity index (χ3n) is 3.30. The molecule has 0 saturated carbocycles. The van der Waals surface area contributed by atoms with E-state index in [1.807, 2.05) is 20.8 Å². The van der Waals surface area contributed by atoms with E-state index in [1.54, 1.807) is 29.2 Å². The van der Waals surface area contributed by atoms with E-state index in [1.165, 1.54) is 0 Å². The molecule has 1 heterocycles. The van der Waals surface area contributed by atoms with Crippen LogP contribution < -0.4 is 5.32 Å². The number of halogens is 2. The number of rotatable bonds is 5. The Bertz CT molecular complexity index is 717. The van der Waals surface area contributed by atoms with Crippen LogP contribution >= 0.6 is 23.2 Å². The maximum atomic E-state index is 12.4. The van der Waals surface area contributed by atoms with Crippen LogP contribution in [0.15, 0.2) is 24.3 Å². The van der Waals surface area contributed by atoms with Gasteiger partial charge in [-0.25, -0.2) is 9.97 Å². The summed E-state index contributed by atoms with van der Waals surface area (Å²) in [6.07, 6.45) is 0. The first-order valence-corrected chi connectivity index (χ1v) is 8.07. The van der Waals surface area contributed by atoms with Crippen molar-refractivity contribution in [3.05, 3.63) is 45.7 Å². The molecule has 1 N–H and O–H groups in total. The second-order valence-corrected chi connectivity index (χ2v) is 5.79. The molecule has 0 unspecified atom stereocenters. The molecule has 1 aromatic heterocycles. The Kier molecular flexibility index (Phi) is 5.80. The normalized spacial score (nSPS) is 10.5. The van der Waals surface area contributed by atoms with Crippen LogP contribution in [0.3, 0.4) is 0 Å². The summed E-state index contributed by atoms with van der Waals surface area (Å²) in [5, 5.41) is 4.06. The van der Waals surface area contributed by atoms with Gasteiger partial charge in [-0.2, -0.15) is 0 Å². The zero-order chi connectivity index (χ0) is 17.0. The van der Waals surface area contributed by atoms with Crippen molar-refractivity contribution in [2.24, 2.45) is 0 Å². The molecular weight excluding hydrogens is 335 g/mol. The lowest BCUT2D eigenvalue weighted by molar-refractivity contribution is 0.0767. The molecule has 0 aliphatic carbocycles. The van der Waals surface area contributed by atoms with Gasteiger partial charge in [0, 0.05) is 23.8 Å². The zero-order valence-electron chi connectivity index (χ0n) is 13.2. The number of nitrogens with zero attached hydrogens (tertiary/aromatic N) is 3. The van der Waals surface area contributed by atoms with Crippen molar-refractivity contribution in [2.75, 3.05) is 18.4 Å². The number of anilines is 2. The van der Waals surface area contributed by atoms with Crippen LogP contribution in [0.1, 0.15) is 30.0 Å². The summed E-state index contributed by atoms with van der Waals surface area (Å²) < 4.78 is 0. The van der Waals surface area contributed by atoms with E-state index in [9.17, 15) is 4.79 Å². The number of carbonyl (C=O) groups is 1. The molecule has 5 nitrogen and oxygen atoms in total. The molecule has 0 aliphatic heterocycles. The molecule has 7 heteroatoms. The Morgan fingerprint density at radius 3 is 2.52 bits per heavy atom. The Hall–Kier alpha value is -1.85. The van der Waals surface area contributed by atoms with E-state index in [4.69, 9.17) is 23.2 Å². The maximum Gasteiger partial charge on any atom is 0.272 e. The van der Waals surface area contributed by atoms with Crippen LogP contribution in [0, 0.1) is 6.92 Å². The number of hydrogen-bond donors (Lipinski definition) is 1. The van der Waals surface area contributed by atoms with E-state index in [0.717, 1.165) is 0 Å². The van der Waals surface area contributed by atoms with E-state index in [2.05, 4.69) is 15.3 Å². The topological polar surface area (TPSA) is 58.1 Å². The molecule has 0 atom stereocenters. The first kappa shape index (κ1) is 17.5. The van der Waals surface area contributed by atoms with Crippen molar-refractivity contribution in [3.8, 4) is 0 Å². The number of benzene rings is 1. The van der Waals surface area contributed by atoms with Gasteiger partial charge >= 0.3 is 0 Å². The minimum absolute atomic E-state index is 0.124. The number of hydrogen-bond acceptors (Lipinski definition) is 4. The predicted octanol–water partition coefficient (Wildman–Crippen LogP) is 4.32. The molecule has 0 fully saturated rings. The minimum Gasteiger partial charge on any atom is -0.338 e. The number of nitrogens with one attached hydrogen (secondary N) is 1. The van der Waals surface area contributed by atoms with Gasteiger partial charge in [0.25, 0.3) is 5.91 Å². The molecular formula is C16H18Cl2N4O. The summed E-state index contributed by atoms with van der Waals surface area (Å²) >= 11 is 12.1. The average Bonchev–Trinajstić information content (AvgIpc) is 2.51. The Labute approximate surface area is 145 Å². The van der Waals surface area contributed by atoms with Gasteiger partial charge < -0.3 is 10.2 Å².